The normalized spacial score (nSPS) is 17.0. The van der Waals surface area contributed by atoms with Crippen molar-refractivity contribution in [3.05, 3.63) is 42.1 Å². The van der Waals surface area contributed by atoms with Crippen LogP contribution in [0, 0.1) is 11.3 Å². The van der Waals surface area contributed by atoms with Gasteiger partial charge < -0.3 is 15.4 Å². The lowest BCUT2D eigenvalue weighted by Gasteiger charge is -2.23. The number of hydrogen-bond donors (Lipinski definition) is 2. The molecule has 1 saturated heterocycles. The molecule has 7 nitrogen and oxygen atoms in total. The van der Waals surface area contributed by atoms with Gasteiger partial charge in [-0.25, -0.2) is 4.98 Å². The Labute approximate surface area is 133 Å². The van der Waals surface area contributed by atoms with Gasteiger partial charge >= 0.3 is 0 Å². The van der Waals surface area contributed by atoms with Crippen molar-refractivity contribution in [1.82, 2.24) is 15.3 Å². The van der Waals surface area contributed by atoms with E-state index in [1.165, 1.54) is 0 Å². The third-order valence-electron chi connectivity index (χ3n) is 3.41. The van der Waals surface area contributed by atoms with Crippen molar-refractivity contribution < 1.29 is 9.53 Å². The summed E-state index contributed by atoms with van der Waals surface area (Å²) in [6, 6.07) is 10.7. The Morgan fingerprint density at radius 2 is 2.30 bits per heavy atom. The molecule has 2 N–H and O–H groups in total. The highest BCUT2D eigenvalue weighted by Crippen LogP contribution is 2.21. The van der Waals surface area contributed by atoms with E-state index in [0.29, 0.717) is 36.1 Å². The quantitative estimate of drug-likeness (QED) is 0.893. The number of carbonyl (C=O) groups is 1. The van der Waals surface area contributed by atoms with E-state index in [1.54, 1.807) is 36.5 Å². The van der Waals surface area contributed by atoms with E-state index in [1.807, 2.05) is 0 Å². The van der Waals surface area contributed by atoms with Gasteiger partial charge in [0.1, 0.15) is 5.75 Å². The van der Waals surface area contributed by atoms with Crippen molar-refractivity contribution in [2.45, 2.75) is 18.9 Å². The molecule has 2 aromatic rings. The van der Waals surface area contributed by atoms with E-state index in [-0.39, 0.29) is 11.9 Å². The van der Waals surface area contributed by atoms with Gasteiger partial charge in [0.05, 0.1) is 11.6 Å². The summed E-state index contributed by atoms with van der Waals surface area (Å²) in [5.74, 6) is 1.44. The van der Waals surface area contributed by atoms with Crippen molar-refractivity contribution in [3.8, 4) is 17.7 Å². The molecule has 1 amide bonds. The highest BCUT2D eigenvalue weighted by Gasteiger charge is 2.18. The van der Waals surface area contributed by atoms with Gasteiger partial charge in [0, 0.05) is 31.3 Å². The first-order valence-corrected chi connectivity index (χ1v) is 7.27. The van der Waals surface area contributed by atoms with Crippen LogP contribution in [-0.4, -0.2) is 28.5 Å². The van der Waals surface area contributed by atoms with Crippen molar-refractivity contribution in [1.29, 1.82) is 5.26 Å². The summed E-state index contributed by atoms with van der Waals surface area (Å²) < 4.78 is 5.66. The molecule has 1 fully saturated rings. The fourth-order valence-electron chi connectivity index (χ4n) is 2.26. The summed E-state index contributed by atoms with van der Waals surface area (Å²) in [7, 11) is 0. The molecule has 1 aromatic carbocycles. The van der Waals surface area contributed by atoms with Crippen LogP contribution >= 0.6 is 0 Å². The van der Waals surface area contributed by atoms with Crippen molar-refractivity contribution in [3.63, 3.8) is 0 Å². The van der Waals surface area contributed by atoms with Crippen LogP contribution in [0.5, 0.6) is 11.6 Å². The minimum atomic E-state index is 0.0680. The highest BCUT2D eigenvalue weighted by atomic mass is 16.5. The number of nitrogens with zero attached hydrogens (tertiary/aromatic N) is 3. The monoisotopic (exact) mass is 309 g/mol. The fraction of sp³-hybridized carbons (Fsp3) is 0.250. The molecule has 23 heavy (non-hydrogen) atoms. The van der Waals surface area contributed by atoms with Crippen LogP contribution in [0.3, 0.4) is 0 Å². The number of nitriles is 1. The average molecular weight is 309 g/mol. The molecular weight excluding hydrogens is 294 g/mol. The maximum absolute atomic E-state index is 11.2. The van der Waals surface area contributed by atoms with E-state index >= 15 is 0 Å². The fourth-order valence-corrected chi connectivity index (χ4v) is 2.26. The summed E-state index contributed by atoms with van der Waals surface area (Å²) in [5.41, 5.74) is 0.521. The lowest BCUT2D eigenvalue weighted by Crippen LogP contribution is -2.42. The summed E-state index contributed by atoms with van der Waals surface area (Å²) >= 11 is 0. The molecule has 1 unspecified atom stereocenters. The molecule has 0 saturated carbocycles. The average Bonchev–Trinajstić information content (AvgIpc) is 2.57. The van der Waals surface area contributed by atoms with Gasteiger partial charge in [-0.1, -0.05) is 6.07 Å². The summed E-state index contributed by atoms with van der Waals surface area (Å²) in [5, 5.41) is 14.9. The molecule has 1 aromatic heterocycles. The van der Waals surface area contributed by atoms with Gasteiger partial charge in [0.2, 0.25) is 17.7 Å². The molecule has 7 heteroatoms. The number of piperidine rings is 1. The number of rotatable bonds is 4. The smallest absolute Gasteiger partial charge is 0.226 e. The molecule has 0 aliphatic carbocycles. The minimum absolute atomic E-state index is 0.0680. The molecule has 1 atom stereocenters. The molecular formula is C16H15N5O2. The van der Waals surface area contributed by atoms with Gasteiger partial charge in [-0.15, -0.1) is 0 Å². The first kappa shape index (κ1) is 14.8. The van der Waals surface area contributed by atoms with Gasteiger partial charge in [0.15, 0.2) is 0 Å². The predicted octanol–water partition coefficient (Wildman–Crippen LogP) is 1.83. The van der Waals surface area contributed by atoms with E-state index in [2.05, 4.69) is 26.7 Å². The highest BCUT2D eigenvalue weighted by molar-refractivity contribution is 5.76. The van der Waals surface area contributed by atoms with Gasteiger partial charge in [-0.2, -0.15) is 10.2 Å². The largest absolute Gasteiger partial charge is 0.439 e. The molecule has 0 bridgehead atoms. The summed E-state index contributed by atoms with van der Waals surface area (Å²) in [6.45, 7) is 0.553. The number of benzene rings is 1. The number of hydrogen-bond acceptors (Lipinski definition) is 6. The van der Waals surface area contributed by atoms with Crippen LogP contribution in [0.4, 0.5) is 5.95 Å². The zero-order chi connectivity index (χ0) is 16.1. The first-order chi connectivity index (χ1) is 11.2. The number of nitrogens with one attached hydrogen (secondary N) is 2. The van der Waals surface area contributed by atoms with E-state index in [0.717, 1.165) is 6.42 Å². The second kappa shape index (κ2) is 6.75. The predicted molar refractivity (Wildman–Crippen MR) is 82.9 cm³/mol. The SMILES string of the molecule is N#Cc1cccc(Oc2ccnc(NC3CCC(=O)NC3)n2)c1. The number of aromatic nitrogens is 2. The zero-order valence-corrected chi connectivity index (χ0v) is 12.3. The number of anilines is 1. The lowest BCUT2D eigenvalue weighted by molar-refractivity contribution is -0.122. The van der Waals surface area contributed by atoms with Crippen LogP contribution < -0.4 is 15.4 Å². The van der Waals surface area contributed by atoms with Crippen molar-refractivity contribution in [2.75, 3.05) is 11.9 Å². The Bertz CT molecular complexity index is 746. The Kier molecular flexibility index (Phi) is 4.34. The summed E-state index contributed by atoms with van der Waals surface area (Å²) in [6.07, 6.45) is 2.83. The third kappa shape index (κ3) is 3.95. The Morgan fingerprint density at radius 1 is 1.39 bits per heavy atom. The Morgan fingerprint density at radius 3 is 3.09 bits per heavy atom. The minimum Gasteiger partial charge on any atom is -0.439 e. The van der Waals surface area contributed by atoms with E-state index < -0.39 is 0 Å². The number of amides is 1. The second-order valence-electron chi connectivity index (χ2n) is 5.14. The van der Waals surface area contributed by atoms with Crippen molar-refractivity contribution >= 4 is 11.9 Å². The van der Waals surface area contributed by atoms with Gasteiger partial charge in [-0.3, -0.25) is 4.79 Å². The molecule has 2 heterocycles. The molecule has 0 radical (unpaired) electrons. The lowest BCUT2D eigenvalue weighted by atomic mass is 10.1. The van der Waals surface area contributed by atoms with Crippen LogP contribution in [0.2, 0.25) is 0 Å². The molecule has 1 aliphatic heterocycles. The number of ether oxygens (including phenoxy) is 1. The van der Waals surface area contributed by atoms with Crippen LogP contribution in [0.15, 0.2) is 36.5 Å². The van der Waals surface area contributed by atoms with Crippen molar-refractivity contribution in [2.24, 2.45) is 0 Å². The van der Waals surface area contributed by atoms with Gasteiger partial charge in [-0.05, 0) is 24.6 Å². The molecule has 3 rings (SSSR count). The zero-order valence-electron chi connectivity index (χ0n) is 12.3. The molecule has 116 valence electrons. The molecule has 1 aliphatic rings. The van der Waals surface area contributed by atoms with Crippen LogP contribution in [0.25, 0.3) is 0 Å². The number of carbonyl (C=O) groups excluding carboxylic acids is 1. The Balaban J connectivity index is 1.67. The summed E-state index contributed by atoms with van der Waals surface area (Å²) in [4.78, 5) is 19.6. The third-order valence-corrected chi connectivity index (χ3v) is 3.41. The standard InChI is InChI=1S/C16H15N5O2/c17-9-11-2-1-3-13(8-11)23-15-6-7-18-16(21-15)20-12-4-5-14(22)19-10-12/h1-3,6-8,12H,4-5,10H2,(H,19,22)(H,18,20,21). The van der Waals surface area contributed by atoms with Gasteiger partial charge in [0.25, 0.3) is 0 Å². The Hall–Kier alpha value is -3.14. The molecule has 0 spiro atoms. The topological polar surface area (TPSA) is 99.9 Å². The first-order valence-electron chi connectivity index (χ1n) is 7.27. The van der Waals surface area contributed by atoms with Crippen LogP contribution in [-0.2, 0) is 4.79 Å². The second-order valence-corrected chi connectivity index (χ2v) is 5.14. The maximum atomic E-state index is 11.2. The van der Waals surface area contributed by atoms with Crippen LogP contribution in [0.1, 0.15) is 18.4 Å². The van der Waals surface area contributed by atoms with E-state index in [4.69, 9.17) is 10.00 Å². The van der Waals surface area contributed by atoms with E-state index in [9.17, 15) is 4.79 Å². The maximum Gasteiger partial charge on any atom is 0.226 e.